The maximum Gasteiger partial charge on any atom is 0.419 e. The van der Waals surface area contributed by atoms with Crippen molar-refractivity contribution in [3.8, 4) is 6.07 Å². The molecule has 0 atom stereocenters. The van der Waals surface area contributed by atoms with Gasteiger partial charge in [0.25, 0.3) is 5.91 Å². The molecule has 1 aliphatic heterocycles. The minimum absolute atomic E-state index is 0.217. The Morgan fingerprint density at radius 3 is 2.47 bits per heavy atom. The fourth-order valence-corrected chi connectivity index (χ4v) is 4.32. The maximum atomic E-state index is 14.3. The fraction of sp³-hybridized carbons (Fsp3) is 0.192. The zero-order valence-electron chi connectivity index (χ0n) is 18.6. The van der Waals surface area contributed by atoms with Crippen LogP contribution in [-0.2, 0) is 30.4 Å². The van der Waals surface area contributed by atoms with Crippen LogP contribution in [0.25, 0.3) is 0 Å². The molecule has 0 unspecified atom stereocenters. The van der Waals surface area contributed by atoms with E-state index in [9.17, 15) is 27.2 Å². The van der Waals surface area contributed by atoms with Gasteiger partial charge in [-0.15, -0.1) is 0 Å². The summed E-state index contributed by atoms with van der Waals surface area (Å²) in [5.74, 6) is -2.43. The summed E-state index contributed by atoms with van der Waals surface area (Å²) in [6.45, 7) is 0.577. The summed E-state index contributed by atoms with van der Waals surface area (Å²) in [7, 11) is 0. The van der Waals surface area contributed by atoms with E-state index < -0.39 is 29.9 Å². The highest BCUT2D eigenvalue weighted by Gasteiger charge is 2.35. The van der Waals surface area contributed by atoms with Gasteiger partial charge in [0.05, 0.1) is 34.3 Å². The predicted molar refractivity (Wildman–Crippen MR) is 125 cm³/mol. The minimum Gasteiger partial charge on any atom is -0.334 e. The number of amides is 2. The van der Waals surface area contributed by atoms with Crippen molar-refractivity contribution in [3.63, 3.8) is 0 Å². The first-order chi connectivity index (χ1) is 17.1. The van der Waals surface area contributed by atoms with Crippen LogP contribution in [0.2, 0.25) is 5.02 Å². The molecule has 184 valence electrons. The highest BCUT2D eigenvalue weighted by atomic mass is 35.5. The lowest BCUT2D eigenvalue weighted by molar-refractivity contribution is -0.140. The number of hydrogen-bond acceptors (Lipinski definition) is 3. The quantitative estimate of drug-likeness (QED) is 0.450. The fourth-order valence-electron chi connectivity index (χ4n) is 4.10. The third kappa shape index (κ3) is 5.19. The molecular weight excluding hydrogens is 498 g/mol. The van der Waals surface area contributed by atoms with Gasteiger partial charge in [0.1, 0.15) is 5.82 Å². The number of rotatable bonds is 4. The van der Waals surface area contributed by atoms with E-state index in [4.69, 9.17) is 16.9 Å². The zero-order chi connectivity index (χ0) is 26.0. The molecule has 3 aromatic carbocycles. The largest absolute Gasteiger partial charge is 0.419 e. The Morgan fingerprint density at radius 1 is 1.08 bits per heavy atom. The molecule has 36 heavy (non-hydrogen) atoms. The Bertz CT molecular complexity index is 1380. The number of anilines is 1. The Hall–Kier alpha value is -3.90. The summed E-state index contributed by atoms with van der Waals surface area (Å²) in [5, 5.41) is 11.8. The SMILES string of the molecule is N#Cc1ccc(C(=O)N2CCc3c(ccc(Cl)c3NC(=O)Cc3cccc(C(F)(F)F)c3F)C2)cc1. The van der Waals surface area contributed by atoms with Crippen LogP contribution in [-0.4, -0.2) is 23.3 Å². The van der Waals surface area contributed by atoms with E-state index >= 15 is 0 Å². The van der Waals surface area contributed by atoms with E-state index in [0.29, 0.717) is 35.7 Å². The number of alkyl halides is 3. The van der Waals surface area contributed by atoms with Crippen LogP contribution < -0.4 is 5.32 Å². The van der Waals surface area contributed by atoms with Crippen molar-refractivity contribution in [2.24, 2.45) is 0 Å². The van der Waals surface area contributed by atoms with Crippen molar-refractivity contribution in [2.45, 2.75) is 25.6 Å². The van der Waals surface area contributed by atoms with E-state index in [1.165, 1.54) is 0 Å². The van der Waals surface area contributed by atoms with E-state index in [2.05, 4.69) is 5.32 Å². The number of nitrogens with one attached hydrogen (secondary N) is 1. The van der Waals surface area contributed by atoms with Gasteiger partial charge >= 0.3 is 6.18 Å². The lowest BCUT2D eigenvalue weighted by Crippen LogP contribution is -2.36. The second kappa shape index (κ2) is 9.99. The molecule has 0 aromatic heterocycles. The van der Waals surface area contributed by atoms with Crippen LogP contribution in [0.4, 0.5) is 23.2 Å². The number of benzene rings is 3. The van der Waals surface area contributed by atoms with Crippen molar-refractivity contribution in [1.82, 2.24) is 4.90 Å². The highest BCUT2D eigenvalue weighted by Crippen LogP contribution is 2.35. The summed E-state index contributed by atoms with van der Waals surface area (Å²) in [6, 6.07) is 14.4. The first-order valence-electron chi connectivity index (χ1n) is 10.8. The molecule has 1 N–H and O–H groups in total. The average molecular weight is 516 g/mol. The Kier molecular flexibility index (Phi) is 7.00. The van der Waals surface area contributed by atoms with Crippen molar-refractivity contribution in [2.75, 3.05) is 11.9 Å². The van der Waals surface area contributed by atoms with Gasteiger partial charge in [-0.25, -0.2) is 4.39 Å². The number of nitriles is 1. The molecule has 5 nitrogen and oxygen atoms in total. The maximum absolute atomic E-state index is 14.3. The van der Waals surface area contributed by atoms with Gasteiger partial charge in [-0.05, 0) is 59.5 Å². The van der Waals surface area contributed by atoms with E-state index in [0.717, 1.165) is 17.7 Å². The number of hydrogen-bond donors (Lipinski definition) is 1. The van der Waals surface area contributed by atoms with Crippen molar-refractivity contribution < 1.29 is 27.2 Å². The topological polar surface area (TPSA) is 73.2 Å². The number of halogens is 5. The van der Waals surface area contributed by atoms with E-state index in [-0.39, 0.29) is 28.7 Å². The standard InChI is InChI=1S/C26H18ClF4N3O2/c27-21-9-8-18-14-34(25(36)16-6-4-15(13-32)5-7-16)11-10-19(18)24(21)33-22(35)12-17-2-1-3-20(23(17)28)26(29,30)31/h1-9H,10-12,14H2,(H,33,35). The predicted octanol–water partition coefficient (Wildman–Crippen LogP) is 5.75. The Balaban J connectivity index is 1.51. The van der Waals surface area contributed by atoms with Crippen molar-refractivity contribution in [3.05, 3.63) is 98.8 Å². The van der Waals surface area contributed by atoms with Crippen LogP contribution in [0.1, 0.15) is 38.2 Å². The molecule has 3 aromatic rings. The smallest absolute Gasteiger partial charge is 0.334 e. The molecule has 0 radical (unpaired) electrons. The van der Waals surface area contributed by atoms with E-state index in [1.54, 1.807) is 41.3 Å². The van der Waals surface area contributed by atoms with Crippen LogP contribution in [0, 0.1) is 17.1 Å². The molecule has 4 rings (SSSR count). The highest BCUT2D eigenvalue weighted by molar-refractivity contribution is 6.34. The van der Waals surface area contributed by atoms with Gasteiger partial charge in [-0.1, -0.05) is 29.8 Å². The Morgan fingerprint density at radius 2 is 1.81 bits per heavy atom. The second-order valence-corrected chi connectivity index (χ2v) is 8.63. The molecule has 0 bridgehead atoms. The molecule has 0 aliphatic carbocycles. The van der Waals surface area contributed by atoms with Crippen molar-refractivity contribution in [1.29, 1.82) is 5.26 Å². The van der Waals surface area contributed by atoms with Crippen LogP contribution >= 0.6 is 11.6 Å². The number of nitrogens with zero attached hydrogens (tertiary/aromatic N) is 2. The van der Waals surface area contributed by atoms with Crippen LogP contribution in [0.3, 0.4) is 0 Å². The van der Waals surface area contributed by atoms with Gasteiger partial charge in [-0.3, -0.25) is 9.59 Å². The third-order valence-electron chi connectivity index (χ3n) is 5.90. The zero-order valence-corrected chi connectivity index (χ0v) is 19.4. The van der Waals surface area contributed by atoms with Gasteiger partial charge in [0.2, 0.25) is 5.91 Å². The second-order valence-electron chi connectivity index (χ2n) is 8.23. The summed E-state index contributed by atoms with van der Waals surface area (Å²) >= 11 is 6.30. The average Bonchev–Trinajstić information content (AvgIpc) is 2.85. The Labute approximate surface area is 208 Å². The van der Waals surface area contributed by atoms with Gasteiger partial charge < -0.3 is 10.2 Å². The minimum atomic E-state index is -4.88. The first kappa shape index (κ1) is 25.2. The number of fused-ring (bicyclic) bond motifs is 1. The van der Waals surface area contributed by atoms with Gasteiger partial charge in [0.15, 0.2) is 0 Å². The lowest BCUT2D eigenvalue weighted by Gasteiger charge is -2.30. The third-order valence-corrected chi connectivity index (χ3v) is 6.21. The first-order valence-corrected chi connectivity index (χ1v) is 11.2. The molecule has 0 saturated carbocycles. The van der Waals surface area contributed by atoms with Gasteiger partial charge in [-0.2, -0.15) is 18.4 Å². The number of carbonyl (C=O) groups excluding carboxylic acids is 2. The molecule has 1 aliphatic rings. The van der Waals surface area contributed by atoms with E-state index in [1.807, 2.05) is 6.07 Å². The van der Waals surface area contributed by atoms with Gasteiger partial charge in [0, 0.05) is 18.7 Å². The number of carbonyl (C=O) groups is 2. The summed E-state index contributed by atoms with van der Waals surface area (Å²) in [4.78, 5) is 27.2. The van der Waals surface area contributed by atoms with Crippen LogP contribution in [0.5, 0.6) is 0 Å². The van der Waals surface area contributed by atoms with Crippen molar-refractivity contribution >= 4 is 29.1 Å². The monoisotopic (exact) mass is 515 g/mol. The lowest BCUT2D eigenvalue weighted by atomic mass is 9.96. The normalized spacial score (nSPS) is 13.1. The molecule has 2 amide bonds. The summed E-state index contributed by atoms with van der Waals surface area (Å²) in [6.07, 6.45) is -5.12. The van der Waals surface area contributed by atoms with Crippen LogP contribution in [0.15, 0.2) is 54.6 Å². The molecular formula is C26H18ClF4N3O2. The molecule has 0 saturated heterocycles. The summed E-state index contributed by atoms with van der Waals surface area (Å²) < 4.78 is 53.3. The summed E-state index contributed by atoms with van der Waals surface area (Å²) in [5.41, 5.74) is 0.783. The molecule has 0 spiro atoms. The molecule has 0 fully saturated rings. The molecule has 10 heteroatoms. The molecule has 1 heterocycles.